The van der Waals surface area contributed by atoms with Gasteiger partial charge >= 0.3 is 0 Å². The molecular weight excluding hydrogens is 422 g/mol. The molecule has 32 heavy (non-hydrogen) atoms. The van der Waals surface area contributed by atoms with Gasteiger partial charge in [-0.05, 0) is 54.8 Å². The van der Waals surface area contributed by atoms with E-state index in [0.717, 1.165) is 26.9 Å². The lowest BCUT2D eigenvalue weighted by atomic mass is 10.1. The summed E-state index contributed by atoms with van der Waals surface area (Å²) in [5.41, 5.74) is 4.02. The molecule has 0 unspecified atom stereocenters. The number of aromatic nitrogens is 2. The molecule has 158 valence electrons. The Morgan fingerprint density at radius 1 is 1.09 bits per heavy atom. The third-order valence-electron chi connectivity index (χ3n) is 5.19. The smallest absolute Gasteiger partial charge is 0.296 e. The van der Waals surface area contributed by atoms with Crippen LogP contribution in [0.25, 0.3) is 21.2 Å². The molecule has 0 atom stereocenters. The van der Waals surface area contributed by atoms with Crippen molar-refractivity contribution in [2.45, 2.75) is 20.4 Å². The molecule has 3 heterocycles. The monoisotopic (exact) mass is 441 g/mol. The fourth-order valence-corrected chi connectivity index (χ4v) is 4.74. The highest BCUT2D eigenvalue weighted by Gasteiger charge is 2.25. The van der Waals surface area contributed by atoms with Crippen LogP contribution in [0.2, 0.25) is 0 Å². The van der Waals surface area contributed by atoms with Gasteiger partial charge in [-0.2, -0.15) is 0 Å². The van der Waals surface area contributed by atoms with E-state index in [1.165, 1.54) is 17.4 Å². The van der Waals surface area contributed by atoms with Gasteiger partial charge in [0.15, 0.2) is 16.3 Å². The molecule has 0 radical (unpaired) electrons. The van der Waals surface area contributed by atoms with Crippen LogP contribution in [-0.4, -0.2) is 15.9 Å². The van der Waals surface area contributed by atoms with E-state index in [-0.39, 0.29) is 17.7 Å². The molecule has 1 amide bonds. The van der Waals surface area contributed by atoms with E-state index in [1.807, 2.05) is 32.0 Å². The number of nitrogens with zero attached hydrogens (tertiary/aromatic N) is 3. The number of thiazole rings is 1. The Morgan fingerprint density at radius 3 is 2.75 bits per heavy atom. The number of fused-ring (bicyclic) bond motifs is 2. The summed E-state index contributed by atoms with van der Waals surface area (Å²) in [4.78, 5) is 36.7. The van der Waals surface area contributed by atoms with Crippen molar-refractivity contribution in [1.82, 2.24) is 9.97 Å². The van der Waals surface area contributed by atoms with Crippen LogP contribution in [0, 0.1) is 13.8 Å². The maximum Gasteiger partial charge on any atom is 0.296 e. The number of hydrogen-bond donors (Lipinski definition) is 0. The molecular formula is C25H19N3O3S. The zero-order valence-electron chi connectivity index (χ0n) is 17.5. The first-order valence-electron chi connectivity index (χ1n) is 10.1. The lowest BCUT2D eigenvalue weighted by molar-refractivity contribution is 0.0959. The van der Waals surface area contributed by atoms with Crippen molar-refractivity contribution in [3.8, 4) is 0 Å². The summed E-state index contributed by atoms with van der Waals surface area (Å²) < 4.78 is 6.85. The van der Waals surface area contributed by atoms with Gasteiger partial charge < -0.3 is 4.42 Å². The average Bonchev–Trinajstić information content (AvgIpc) is 3.22. The first-order valence-corrected chi connectivity index (χ1v) is 10.9. The molecule has 0 aliphatic carbocycles. The lowest BCUT2D eigenvalue weighted by Crippen LogP contribution is -2.31. The highest BCUT2D eigenvalue weighted by molar-refractivity contribution is 7.22. The predicted octanol–water partition coefficient (Wildman–Crippen LogP) is 5.26. The molecule has 0 aliphatic rings. The van der Waals surface area contributed by atoms with Gasteiger partial charge in [0.1, 0.15) is 5.58 Å². The molecule has 0 N–H and O–H groups in total. The number of pyridine rings is 1. The molecule has 6 nitrogen and oxygen atoms in total. The van der Waals surface area contributed by atoms with Crippen LogP contribution < -0.4 is 10.3 Å². The third-order valence-corrected chi connectivity index (χ3v) is 6.42. The Balaban J connectivity index is 1.64. The number of carbonyl (C=O) groups is 1. The molecule has 2 aromatic carbocycles. The first-order chi connectivity index (χ1) is 15.5. The van der Waals surface area contributed by atoms with Gasteiger partial charge in [-0.3, -0.25) is 19.5 Å². The van der Waals surface area contributed by atoms with Gasteiger partial charge in [0.25, 0.3) is 5.91 Å². The van der Waals surface area contributed by atoms with Gasteiger partial charge in [0.05, 0.1) is 22.1 Å². The zero-order chi connectivity index (χ0) is 22.2. The van der Waals surface area contributed by atoms with Gasteiger partial charge in [-0.15, -0.1) is 0 Å². The summed E-state index contributed by atoms with van der Waals surface area (Å²) in [6.45, 7) is 4.31. The molecule has 0 fully saturated rings. The number of benzene rings is 2. The normalized spacial score (nSPS) is 11.2. The summed E-state index contributed by atoms with van der Waals surface area (Å²) in [7, 11) is 0. The minimum atomic E-state index is -0.426. The molecule has 0 spiro atoms. The minimum absolute atomic E-state index is 0.0234. The van der Waals surface area contributed by atoms with E-state index in [0.29, 0.717) is 16.1 Å². The van der Waals surface area contributed by atoms with Crippen molar-refractivity contribution < 1.29 is 9.21 Å². The van der Waals surface area contributed by atoms with Crippen molar-refractivity contribution in [2.75, 3.05) is 4.90 Å². The van der Waals surface area contributed by atoms with Crippen molar-refractivity contribution in [3.63, 3.8) is 0 Å². The number of amides is 1. The number of carbonyl (C=O) groups excluding carboxylic acids is 1. The van der Waals surface area contributed by atoms with E-state index in [2.05, 4.69) is 11.1 Å². The van der Waals surface area contributed by atoms with Crippen molar-refractivity contribution in [2.24, 2.45) is 0 Å². The second-order valence-electron chi connectivity index (χ2n) is 7.65. The van der Waals surface area contributed by atoms with E-state index < -0.39 is 5.91 Å². The van der Waals surface area contributed by atoms with Crippen LogP contribution in [0.5, 0.6) is 0 Å². The van der Waals surface area contributed by atoms with Crippen LogP contribution in [0.3, 0.4) is 0 Å². The van der Waals surface area contributed by atoms with Crippen LogP contribution >= 0.6 is 11.3 Å². The maximum atomic E-state index is 13.6. The molecule has 5 aromatic rings. The third kappa shape index (κ3) is 3.67. The second kappa shape index (κ2) is 8.01. The van der Waals surface area contributed by atoms with Crippen LogP contribution in [-0.2, 0) is 6.54 Å². The Kier molecular flexibility index (Phi) is 5.03. The zero-order valence-corrected chi connectivity index (χ0v) is 18.3. The Labute approximate surface area is 187 Å². The molecule has 3 aromatic heterocycles. The van der Waals surface area contributed by atoms with Gasteiger partial charge in [-0.25, -0.2) is 4.98 Å². The highest BCUT2D eigenvalue weighted by atomic mass is 32.1. The standard InChI is InChI=1S/C25H19N3O3S/c1-15-10-16(2)23-19(11-15)27-25(32-23)28(14-17-6-5-9-26-13-17)24(30)22-12-20(29)18-7-3-4-8-21(18)31-22/h3-13H,14H2,1-2H3. The Hall–Kier alpha value is -3.84. The largest absolute Gasteiger partial charge is 0.451 e. The van der Waals surface area contributed by atoms with Gasteiger partial charge in [-0.1, -0.05) is 35.6 Å². The number of aryl methyl sites for hydroxylation is 2. The summed E-state index contributed by atoms with van der Waals surface area (Å²) >= 11 is 1.44. The quantitative estimate of drug-likeness (QED) is 0.380. The number of anilines is 1. The SMILES string of the molecule is Cc1cc(C)c2sc(N(Cc3cccnc3)C(=O)c3cc(=O)c4ccccc4o3)nc2c1. The summed E-state index contributed by atoms with van der Waals surface area (Å²) in [6.07, 6.45) is 3.39. The molecule has 5 rings (SSSR count). The maximum absolute atomic E-state index is 13.6. The highest BCUT2D eigenvalue weighted by Crippen LogP contribution is 2.33. The summed E-state index contributed by atoms with van der Waals surface area (Å²) in [5, 5.41) is 0.979. The number of hydrogen-bond acceptors (Lipinski definition) is 6. The second-order valence-corrected chi connectivity index (χ2v) is 8.63. The van der Waals surface area contributed by atoms with E-state index in [1.54, 1.807) is 41.6 Å². The van der Waals surface area contributed by atoms with E-state index in [4.69, 9.17) is 9.40 Å². The Bertz CT molecular complexity index is 1520. The van der Waals surface area contributed by atoms with Crippen molar-refractivity contribution in [3.05, 3.63) is 99.7 Å². The summed E-state index contributed by atoms with van der Waals surface area (Å²) in [6, 6.07) is 16.0. The van der Waals surface area contributed by atoms with E-state index in [9.17, 15) is 9.59 Å². The van der Waals surface area contributed by atoms with Crippen molar-refractivity contribution >= 4 is 43.6 Å². The van der Waals surface area contributed by atoms with Crippen LogP contribution in [0.1, 0.15) is 27.2 Å². The molecule has 0 bridgehead atoms. The van der Waals surface area contributed by atoms with Crippen LogP contribution in [0.4, 0.5) is 5.13 Å². The topological polar surface area (TPSA) is 76.3 Å². The predicted molar refractivity (Wildman–Crippen MR) is 126 cm³/mol. The van der Waals surface area contributed by atoms with Gasteiger partial charge in [0.2, 0.25) is 0 Å². The minimum Gasteiger partial charge on any atom is -0.451 e. The first kappa shape index (κ1) is 20.1. The Morgan fingerprint density at radius 2 is 1.94 bits per heavy atom. The molecule has 0 aliphatic heterocycles. The molecule has 7 heteroatoms. The van der Waals surface area contributed by atoms with Gasteiger partial charge in [0, 0.05) is 18.5 Å². The average molecular weight is 442 g/mol. The molecule has 0 saturated heterocycles. The fraction of sp³-hybridized carbons (Fsp3) is 0.120. The van der Waals surface area contributed by atoms with E-state index >= 15 is 0 Å². The number of rotatable bonds is 4. The van der Waals surface area contributed by atoms with Crippen molar-refractivity contribution in [1.29, 1.82) is 0 Å². The van der Waals surface area contributed by atoms with Crippen LogP contribution in [0.15, 0.2) is 76.2 Å². The summed E-state index contributed by atoms with van der Waals surface area (Å²) in [5.74, 6) is -0.449. The number of para-hydroxylation sites is 1. The molecule has 0 saturated carbocycles. The fourth-order valence-electron chi connectivity index (χ4n) is 3.72. The lowest BCUT2D eigenvalue weighted by Gasteiger charge is -2.19.